The number of aromatic amines is 1. The van der Waals surface area contributed by atoms with Crippen molar-refractivity contribution in [2.24, 2.45) is 0 Å². The molecule has 5 aromatic rings. The van der Waals surface area contributed by atoms with E-state index in [1.807, 2.05) is 78.7 Å². The third kappa shape index (κ3) is 5.02. The molecule has 0 spiro atoms. The Kier molecular flexibility index (Phi) is 6.70. The molecule has 0 aliphatic carbocycles. The number of amides is 3. The zero-order chi connectivity index (χ0) is 28.6. The Morgan fingerprint density at radius 2 is 1.83 bits per heavy atom. The van der Waals surface area contributed by atoms with E-state index in [0.717, 1.165) is 44.2 Å². The highest BCUT2D eigenvalue weighted by Crippen LogP contribution is 2.30. The maximum absolute atomic E-state index is 13.6. The van der Waals surface area contributed by atoms with Gasteiger partial charge >= 0.3 is 12.1 Å². The summed E-state index contributed by atoms with van der Waals surface area (Å²) in [5, 5.41) is 12.3. The maximum atomic E-state index is 13.6. The van der Waals surface area contributed by atoms with E-state index < -0.39 is 6.10 Å². The molecular formula is C33H32N6O3. The number of urea groups is 1. The first kappa shape index (κ1) is 26.0. The number of carbonyl (C=O) groups excluding carboxylic acids is 2. The Hall–Kier alpha value is -4.92. The Labute approximate surface area is 243 Å². The van der Waals surface area contributed by atoms with Gasteiger partial charge in [0.1, 0.15) is 6.10 Å². The van der Waals surface area contributed by atoms with Crippen molar-refractivity contribution >= 4 is 39.6 Å². The second-order valence-electron chi connectivity index (χ2n) is 11.2. The van der Waals surface area contributed by atoms with E-state index in [4.69, 9.17) is 9.72 Å². The maximum Gasteiger partial charge on any atom is 0.410 e. The molecule has 0 radical (unpaired) electrons. The fraction of sp³-hybridized carbons (Fsp3) is 0.273. The zero-order valence-corrected chi connectivity index (χ0v) is 23.4. The quantitative estimate of drug-likeness (QED) is 0.261. The van der Waals surface area contributed by atoms with Crippen LogP contribution in [0.5, 0.6) is 0 Å². The third-order valence-corrected chi connectivity index (χ3v) is 8.44. The van der Waals surface area contributed by atoms with Crippen molar-refractivity contribution < 1.29 is 14.3 Å². The molecule has 2 aliphatic rings. The lowest BCUT2D eigenvalue weighted by molar-refractivity contribution is 0.0464. The minimum Gasteiger partial charge on any atom is -0.439 e. The third-order valence-electron chi connectivity index (χ3n) is 8.44. The first-order valence-electron chi connectivity index (χ1n) is 14.4. The van der Waals surface area contributed by atoms with Gasteiger partial charge in [-0.25, -0.2) is 14.6 Å². The van der Waals surface area contributed by atoms with Gasteiger partial charge in [-0.1, -0.05) is 48.5 Å². The topological polar surface area (TPSA) is 103 Å². The number of aromatic nitrogens is 3. The van der Waals surface area contributed by atoms with Crippen molar-refractivity contribution in [3.8, 4) is 0 Å². The molecule has 42 heavy (non-hydrogen) atoms. The van der Waals surface area contributed by atoms with Gasteiger partial charge < -0.3 is 19.9 Å². The van der Waals surface area contributed by atoms with E-state index in [2.05, 4.69) is 27.6 Å². The Morgan fingerprint density at radius 3 is 2.71 bits per heavy atom. The highest BCUT2D eigenvalue weighted by atomic mass is 16.6. The molecule has 1 saturated heterocycles. The number of benzene rings is 3. The van der Waals surface area contributed by atoms with E-state index in [0.29, 0.717) is 44.6 Å². The summed E-state index contributed by atoms with van der Waals surface area (Å²) < 4.78 is 6.22. The molecule has 2 N–H and O–H groups in total. The number of nitrogens with one attached hydrogen (secondary N) is 2. The molecule has 0 bridgehead atoms. The molecule has 4 heterocycles. The number of aryl methyl sites for hydroxylation is 1. The molecule has 1 unspecified atom stereocenters. The number of piperidine rings is 1. The average Bonchev–Trinajstić information content (AvgIpc) is 3.50. The van der Waals surface area contributed by atoms with E-state index in [1.165, 1.54) is 0 Å². The Balaban J connectivity index is 1.08. The molecule has 9 heteroatoms. The molecule has 2 aromatic heterocycles. The highest BCUT2D eigenvalue weighted by molar-refractivity contribution is 5.92. The van der Waals surface area contributed by atoms with Crippen LogP contribution in [0.2, 0.25) is 0 Å². The summed E-state index contributed by atoms with van der Waals surface area (Å²) >= 11 is 0. The number of pyridine rings is 1. The van der Waals surface area contributed by atoms with Crippen molar-refractivity contribution in [3.63, 3.8) is 0 Å². The monoisotopic (exact) mass is 560 g/mol. The second kappa shape index (κ2) is 10.8. The molecule has 7 rings (SSSR count). The number of nitrogens with zero attached hydrogens (tertiary/aromatic N) is 4. The van der Waals surface area contributed by atoms with Gasteiger partial charge in [-0.05, 0) is 60.7 Å². The number of hydrogen-bond donors (Lipinski definition) is 2. The molecular weight excluding hydrogens is 528 g/mol. The molecule has 2 aliphatic heterocycles. The van der Waals surface area contributed by atoms with Gasteiger partial charge in [0.25, 0.3) is 0 Å². The minimum atomic E-state index is -0.562. The lowest BCUT2D eigenvalue weighted by atomic mass is 10.00. The fourth-order valence-corrected chi connectivity index (χ4v) is 6.19. The summed E-state index contributed by atoms with van der Waals surface area (Å²) in [6.45, 7) is 3.66. The standard InChI is InChI=1S/C33H32N6O3/c1-21-16-22(17-25-19-34-37-31(21)25)18-30(29-11-10-23-6-2-4-8-27(23)35-29)42-33(41)38-14-12-26(13-15-38)39-20-24-7-3-5-9-28(24)36-32(39)40/h2-11,16-17,19,26,30H,12-15,18,20H2,1H3,(H,34,37)(H,36,40). The van der Waals surface area contributed by atoms with Crippen molar-refractivity contribution in [1.82, 2.24) is 25.0 Å². The number of fused-ring (bicyclic) bond motifs is 3. The number of anilines is 1. The number of para-hydroxylation sites is 2. The first-order valence-corrected chi connectivity index (χ1v) is 14.4. The van der Waals surface area contributed by atoms with Crippen LogP contribution in [0.1, 0.15) is 41.3 Å². The molecule has 212 valence electrons. The Bertz CT molecular complexity index is 1790. The van der Waals surface area contributed by atoms with Crippen LogP contribution < -0.4 is 5.32 Å². The summed E-state index contributed by atoms with van der Waals surface area (Å²) in [4.78, 5) is 34.9. The van der Waals surface area contributed by atoms with E-state index >= 15 is 0 Å². The molecule has 9 nitrogen and oxygen atoms in total. The van der Waals surface area contributed by atoms with Crippen LogP contribution in [-0.2, 0) is 17.7 Å². The predicted octanol–water partition coefficient (Wildman–Crippen LogP) is 6.35. The van der Waals surface area contributed by atoms with E-state index in [9.17, 15) is 9.59 Å². The normalized spacial score (nSPS) is 16.4. The number of ether oxygens (including phenoxy) is 1. The number of likely N-dealkylation sites (tertiary alicyclic amines) is 1. The smallest absolute Gasteiger partial charge is 0.410 e. The van der Waals surface area contributed by atoms with Crippen LogP contribution in [0.25, 0.3) is 21.8 Å². The van der Waals surface area contributed by atoms with Gasteiger partial charge in [0.2, 0.25) is 0 Å². The first-order chi connectivity index (χ1) is 20.5. The predicted molar refractivity (Wildman–Crippen MR) is 161 cm³/mol. The fourth-order valence-electron chi connectivity index (χ4n) is 6.19. The zero-order valence-electron chi connectivity index (χ0n) is 23.4. The summed E-state index contributed by atoms with van der Waals surface area (Å²) in [7, 11) is 0. The molecule has 0 saturated carbocycles. The van der Waals surface area contributed by atoms with Gasteiger partial charge in [-0.2, -0.15) is 5.10 Å². The van der Waals surface area contributed by atoms with Crippen LogP contribution in [0.4, 0.5) is 15.3 Å². The van der Waals surface area contributed by atoms with Gasteiger partial charge in [-0.15, -0.1) is 0 Å². The number of carbonyl (C=O) groups is 2. The number of hydrogen-bond acceptors (Lipinski definition) is 5. The largest absolute Gasteiger partial charge is 0.439 e. The lowest BCUT2D eigenvalue weighted by Gasteiger charge is -2.40. The summed E-state index contributed by atoms with van der Waals surface area (Å²) in [6.07, 6.45) is 2.77. The second-order valence-corrected chi connectivity index (χ2v) is 11.2. The van der Waals surface area contributed by atoms with Crippen LogP contribution in [-0.4, -0.2) is 56.2 Å². The minimum absolute atomic E-state index is 0.0602. The van der Waals surface area contributed by atoms with Crippen molar-refractivity contribution in [1.29, 1.82) is 0 Å². The van der Waals surface area contributed by atoms with Crippen molar-refractivity contribution in [3.05, 3.63) is 101 Å². The van der Waals surface area contributed by atoms with E-state index in [1.54, 1.807) is 4.90 Å². The summed E-state index contributed by atoms with van der Waals surface area (Å²) in [6, 6.07) is 24.0. The molecule has 1 atom stereocenters. The number of H-pyrrole nitrogens is 1. The van der Waals surface area contributed by atoms with Gasteiger partial charge in [0.05, 0.1) is 22.9 Å². The van der Waals surface area contributed by atoms with Gasteiger partial charge in [-0.3, -0.25) is 5.10 Å². The average molecular weight is 561 g/mol. The van der Waals surface area contributed by atoms with Crippen molar-refractivity contribution in [2.45, 2.75) is 44.9 Å². The molecule has 3 amide bonds. The number of rotatable bonds is 5. The lowest BCUT2D eigenvalue weighted by Crippen LogP contribution is -2.51. The summed E-state index contributed by atoms with van der Waals surface area (Å²) in [5.41, 5.74) is 6.69. The highest BCUT2D eigenvalue weighted by Gasteiger charge is 2.34. The van der Waals surface area contributed by atoms with E-state index in [-0.39, 0.29) is 18.2 Å². The summed E-state index contributed by atoms with van der Waals surface area (Å²) in [5.74, 6) is 0. The van der Waals surface area contributed by atoms with Gasteiger partial charge in [0.15, 0.2) is 0 Å². The van der Waals surface area contributed by atoms with Crippen LogP contribution in [0.3, 0.4) is 0 Å². The SMILES string of the molecule is Cc1cc(CC(OC(=O)N2CCC(N3Cc4ccccc4NC3=O)CC2)c2ccc3ccccc3n2)cc2cn[nH]c12. The van der Waals surface area contributed by atoms with Crippen LogP contribution >= 0.6 is 0 Å². The molecule has 3 aromatic carbocycles. The molecule has 1 fully saturated rings. The van der Waals surface area contributed by atoms with Gasteiger partial charge in [0, 0.05) is 48.6 Å². The van der Waals surface area contributed by atoms with Crippen LogP contribution in [0, 0.1) is 6.92 Å². The Morgan fingerprint density at radius 1 is 1.02 bits per heavy atom. The van der Waals surface area contributed by atoms with Crippen molar-refractivity contribution in [2.75, 3.05) is 18.4 Å². The van der Waals surface area contributed by atoms with Crippen LogP contribution in [0.15, 0.2) is 79.0 Å².